The van der Waals surface area contributed by atoms with Crippen molar-refractivity contribution in [3.63, 3.8) is 0 Å². The highest BCUT2D eigenvalue weighted by Gasteiger charge is 2.64. The van der Waals surface area contributed by atoms with E-state index in [-0.39, 0.29) is 33.5 Å². The molecule has 12 aromatic carbocycles. The summed E-state index contributed by atoms with van der Waals surface area (Å²) in [5.74, 6) is 8.87. The van der Waals surface area contributed by atoms with Gasteiger partial charge in [0.1, 0.15) is 0 Å². The second-order valence-electron chi connectivity index (χ2n) is 35.6. The zero-order valence-corrected chi connectivity index (χ0v) is 77.1. The van der Waals surface area contributed by atoms with Crippen molar-refractivity contribution < 1.29 is 56.8 Å². The summed E-state index contributed by atoms with van der Waals surface area (Å²) in [6, 6.07) is 65.9. The SMILES string of the molecule is CCCC12c3ccccc3C(CCC)(c3cc(OC)c(OC)cc31)c1cc3nc4cc(OC)c(OC)cc4nc3cc12.CCCCC12c3ccccc3C(CCCC)(c3cc(OC)c(OC)cc31)c1cc3nc4cc(OC)c(OC)cc4nc3cc12.COc1cc2c(cc1OC)C1(C(C)C)c3ccccc3C2(C(C)C)c2cc3nc4cc(OC)c(OC)cc4nc3cc21. The summed E-state index contributed by atoms with van der Waals surface area (Å²) in [5.41, 5.74) is 31.6. The van der Waals surface area contributed by atoms with Crippen LogP contribution in [0.25, 0.3) is 66.2 Å². The minimum atomic E-state index is -0.417. The van der Waals surface area contributed by atoms with Gasteiger partial charge in [-0.25, -0.2) is 29.9 Å². The van der Waals surface area contributed by atoms with Gasteiger partial charge in [-0.15, -0.1) is 0 Å². The van der Waals surface area contributed by atoms with Crippen LogP contribution in [0.15, 0.2) is 182 Å². The molecule has 18 nitrogen and oxygen atoms in total. The Hall–Kier alpha value is -13.0. The predicted molar refractivity (Wildman–Crippen MR) is 506 cm³/mol. The van der Waals surface area contributed by atoms with Crippen LogP contribution in [0.4, 0.5) is 0 Å². The van der Waals surface area contributed by atoms with E-state index in [4.69, 9.17) is 86.7 Å². The first-order valence-corrected chi connectivity index (χ1v) is 45.0. The summed E-state index contributed by atoms with van der Waals surface area (Å²) >= 11 is 0. The molecule has 654 valence electrons. The van der Waals surface area contributed by atoms with Crippen LogP contribution in [0.3, 0.4) is 0 Å². The third-order valence-corrected chi connectivity index (χ3v) is 29.4. The van der Waals surface area contributed by atoms with E-state index in [9.17, 15) is 0 Å². The number of fused-ring (bicyclic) bond motifs is 6. The van der Waals surface area contributed by atoms with Crippen molar-refractivity contribution in [2.24, 2.45) is 11.8 Å². The van der Waals surface area contributed by atoms with E-state index >= 15 is 0 Å². The maximum atomic E-state index is 5.94. The highest BCUT2D eigenvalue weighted by atomic mass is 16.5. The Morgan fingerprint density at radius 1 is 0.195 bits per heavy atom. The smallest absolute Gasteiger partial charge is 0.163 e. The van der Waals surface area contributed by atoms with E-state index in [1.165, 1.54) is 100 Å². The zero-order chi connectivity index (χ0) is 89.4. The number of rotatable bonds is 24. The fourth-order valence-corrected chi connectivity index (χ4v) is 24.3. The Morgan fingerprint density at radius 2 is 0.359 bits per heavy atom. The first-order chi connectivity index (χ1) is 62.3. The molecule has 18 heteroatoms. The molecule has 0 spiro atoms. The molecule has 0 saturated heterocycles. The summed E-state index contributed by atoms with van der Waals surface area (Å²) < 4.78 is 69.0. The Morgan fingerprint density at radius 3 is 0.555 bits per heavy atom. The van der Waals surface area contributed by atoms with Crippen LogP contribution >= 0.6 is 0 Å². The van der Waals surface area contributed by atoms with Gasteiger partial charge >= 0.3 is 0 Å². The molecular weight excluding hydrogens is 1600 g/mol. The van der Waals surface area contributed by atoms with Gasteiger partial charge in [-0.2, -0.15) is 0 Å². The number of benzene rings is 12. The lowest BCUT2D eigenvalue weighted by atomic mass is 9.42. The number of hydrogen-bond acceptors (Lipinski definition) is 18. The molecule has 9 aliphatic carbocycles. The normalized spacial score (nSPS) is 19.7. The van der Waals surface area contributed by atoms with Crippen molar-refractivity contribution in [3.8, 4) is 69.0 Å². The molecule has 0 fully saturated rings. The van der Waals surface area contributed by atoms with Gasteiger partial charge in [-0.3, -0.25) is 0 Å². The average Bonchev–Trinajstić information content (AvgIpc) is 0.650. The Labute approximate surface area is 749 Å². The molecule has 6 atom stereocenters. The topological polar surface area (TPSA) is 188 Å². The standard InChI is InChI=1S/C38H40N2O4.2C36H36N2O4/c1-7-9-15-37-23-13-11-12-14-24(23)38(16-10-8-2,28-20-34(42-4)33(41-3)19-27(28)37)26-18-30-29(17-25(26)37)39-31-21-35(43-5)36(44-6)22-32(31)40-30;1-19(2)35-21-11-9-10-12-22(21)36(20(3)4,26-16-32(40-6)31(39-5)15-25(26)35)24-14-28-27(13-23(24)35)37-29-17-33(41-7)34(42-8)18-30(29)38-28;1-7-13-35-21-11-9-10-12-22(21)36(14-8-2,26-18-32(40-4)31(39-3)17-25(26)35)24-16-28-27(15-23(24)35)37-29-19-33(41-5)34(42-6)20-30(29)38-28/h11-14,17-22H,7-10,15-16H2,1-6H3;9-20H,1-8H3;9-12,15-20H,7-8,13-14H2,1-6H3. The average molecular weight is 1710 g/mol. The number of methoxy groups -OCH3 is 12. The largest absolute Gasteiger partial charge is 0.493 e. The molecule has 6 bridgehead atoms. The molecular formula is C110H112N6O12. The summed E-state index contributed by atoms with van der Waals surface area (Å²) in [5, 5.41) is 0. The van der Waals surface area contributed by atoms with E-state index in [2.05, 4.69) is 201 Å². The monoisotopic (exact) mass is 1710 g/mol. The van der Waals surface area contributed by atoms with Crippen LogP contribution in [0.2, 0.25) is 0 Å². The molecule has 6 unspecified atom stereocenters. The zero-order valence-electron chi connectivity index (χ0n) is 77.1. The third-order valence-electron chi connectivity index (χ3n) is 29.4. The molecule has 128 heavy (non-hydrogen) atoms. The molecule has 0 amide bonds. The van der Waals surface area contributed by atoms with Gasteiger partial charge < -0.3 is 56.8 Å². The lowest BCUT2D eigenvalue weighted by molar-refractivity contribution is 0.315. The van der Waals surface area contributed by atoms with Crippen LogP contribution in [0.5, 0.6) is 69.0 Å². The summed E-state index contributed by atoms with van der Waals surface area (Å²) in [7, 11) is 20.2. The van der Waals surface area contributed by atoms with Gasteiger partial charge in [-0.1, -0.05) is 167 Å². The van der Waals surface area contributed by atoms with Crippen molar-refractivity contribution in [3.05, 3.63) is 282 Å². The van der Waals surface area contributed by atoms with Crippen LogP contribution in [0, 0.1) is 11.8 Å². The second kappa shape index (κ2) is 32.1. The first-order valence-electron chi connectivity index (χ1n) is 45.0. The summed E-state index contributed by atoms with van der Waals surface area (Å²) in [6.45, 7) is 18.4. The Balaban J connectivity index is 0.000000125. The summed E-state index contributed by atoms with van der Waals surface area (Å²) in [6.07, 6.45) is 10.3. The molecule has 3 heterocycles. The lowest BCUT2D eigenvalue weighted by Crippen LogP contribution is -2.55. The lowest BCUT2D eigenvalue weighted by Gasteiger charge is -2.59. The number of aromatic nitrogens is 6. The molecule has 0 radical (unpaired) electrons. The number of ether oxygens (including phenoxy) is 12. The van der Waals surface area contributed by atoms with E-state index in [1.807, 2.05) is 36.4 Å². The maximum absolute atomic E-state index is 5.94. The third kappa shape index (κ3) is 11.6. The molecule has 9 aliphatic rings. The van der Waals surface area contributed by atoms with Gasteiger partial charge in [0.05, 0.1) is 152 Å². The van der Waals surface area contributed by atoms with E-state index in [1.54, 1.807) is 85.3 Å². The van der Waals surface area contributed by atoms with Gasteiger partial charge in [0, 0.05) is 68.9 Å². The Kier molecular flexibility index (Phi) is 21.2. The highest BCUT2D eigenvalue weighted by Crippen LogP contribution is 2.71. The van der Waals surface area contributed by atoms with Gasteiger partial charge in [-0.05, 0) is 210 Å². The van der Waals surface area contributed by atoms with E-state index in [0.717, 1.165) is 165 Å². The highest BCUT2D eigenvalue weighted by molar-refractivity contribution is 5.96. The van der Waals surface area contributed by atoms with Crippen LogP contribution < -0.4 is 56.8 Å². The van der Waals surface area contributed by atoms with Crippen molar-refractivity contribution >= 4 is 66.2 Å². The quantitative estimate of drug-likeness (QED) is 0.0519. The molecule has 0 aliphatic heterocycles. The van der Waals surface area contributed by atoms with Gasteiger partial charge in [0.25, 0.3) is 0 Å². The fraction of sp³-hybridized carbons (Fsp3) is 0.345. The maximum Gasteiger partial charge on any atom is 0.163 e. The molecule has 0 N–H and O–H groups in total. The van der Waals surface area contributed by atoms with Crippen LogP contribution in [-0.4, -0.2) is 115 Å². The van der Waals surface area contributed by atoms with Crippen molar-refractivity contribution in [2.45, 2.75) is 152 Å². The number of unbranched alkanes of at least 4 members (excludes halogenated alkanes) is 2. The molecule has 24 rings (SSSR count). The van der Waals surface area contributed by atoms with Crippen molar-refractivity contribution in [1.82, 2.24) is 29.9 Å². The summed E-state index contributed by atoms with van der Waals surface area (Å²) in [4.78, 5) is 30.9. The second-order valence-corrected chi connectivity index (χ2v) is 35.6. The van der Waals surface area contributed by atoms with Crippen LogP contribution in [0.1, 0.15) is 220 Å². The van der Waals surface area contributed by atoms with Crippen LogP contribution in [-0.2, 0) is 32.5 Å². The minimum absolute atomic E-state index is 0.231. The minimum Gasteiger partial charge on any atom is -0.493 e. The molecule has 3 aromatic heterocycles. The molecule has 0 saturated carbocycles. The Bertz CT molecular complexity index is 6620. The predicted octanol–water partition coefficient (Wildman–Crippen LogP) is 23.6. The number of hydrogen-bond donors (Lipinski definition) is 0. The van der Waals surface area contributed by atoms with E-state index in [0.29, 0.717) is 34.5 Å². The fourth-order valence-electron chi connectivity index (χ4n) is 24.3. The first kappa shape index (κ1) is 84.5. The number of nitrogens with zero attached hydrogens (tertiary/aromatic N) is 6. The van der Waals surface area contributed by atoms with Crippen molar-refractivity contribution in [1.29, 1.82) is 0 Å². The van der Waals surface area contributed by atoms with Crippen molar-refractivity contribution in [2.75, 3.05) is 85.3 Å². The van der Waals surface area contributed by atoms with Gasteiger partial charge in [0.2, 0.25) is 0 Å². The van der Waals surface area contributed by atoms with Gasteiger partial charge in [0.15, 0.2) is 69.0 Å². The van der Waals surface area contributed by atoms with E-state index < -0.39 is 10.8 Å². The molecule has 15 aromatic rings.